The second-order valence-electron chi connectivity index (χ2n) is 1.77. The van der Waals surface area contributed by atoms with Crippen LogP contribution in [0.15, 0.2) is 23.4 Å². The van der Waals surface area contributed by atoms with E-state index in [2.05, 4.69) is 4.98 Å². The van der Waals surface area contributed by atoms with Crippen molar-refractivity contribution >= 4 is 22.4 Å². The molecule has 1 aromatic heterocycles. The smallest absolute Gasteiger partial charge is 0.127 e. The van der Waals surface area contributed by atoms with Crippen LogP contribution in [0.25, 0.3) is 0 Å². The molecule has 0 amide bonds. The van der Waals surface area contributed by atoms with Crippen molar-refractivity contribution in [2.75, 3.05) is 6.26 Å². The van der Waals surface area contributed by atoms with Gasteiger partial charge < -0.3 is 0 Å². The van der Waals surface area contributed by atoms with Gasteiger partial charge in [-0.2, -0.15) is 0 Å². The van der Waals surface area contributed by atoms with E-state index in [0.717, 1.165) is 0 Å². The quantitative estimate of drug-likeness (QED) is 0.647. The van der Waals surface area contributed by atoms with Gasteiger partial charge in [-0.15, -0.1) is 0 Å². The van der Waals surface area contributed by atoms with Crippen molar-refractivity contribution in [3.05, 3.63) is 23.4 Å². The SMILES string of the molecule is CS(=O)c1ccc(Cl)cn1. The van der Waals surface area contributed by atoms with Gasteiger partial charge in [0, 0.05) is 12.5 Å². The highest BCUT2D eigenvalue weighted by Gasteiger charge is 1.96. The van der Waals surface area contributed by atoms with Crippen LogP contribution in [0.2, 0.25) is 5.02 Å². The molecule has 0 aromatic carbocycles. The fraction of sp³-hybridized carbons (Fsp3) is 0.167. The van der Waals surface area contributed by atoms with Crippen molar-refractivity contribution in [2.24, 2.45) is 0 Å². The van der Waals surface area contributed by atoms with Crippen LogP contribution in [-0.2, 0) is 10.8 Å². The Labute approximate surface area is 66.7 Å². The van der Waals surface area contributed by atoms with E-state index in [1.165, 1.54) is 6.20 Å². The number of aromatic nitrogens is 1. The number of hydrogen-bond donors (Lipinski definition) is 0. The number of hydrogen-bond acceptors (Lipinski definition) is 2. The van der Waals surface area contributed by atoms with Crippen molar-refractivity contribution in [2.45, 2.75) is 5.03 Å². The normalized spacial score (nSPS) is 13.0. The van der Waals surface area contributed by atoms with Crippen LogP contribution in [0.1, 0.15) is 0 Å². The van der Waals surface area contributed by atoms with Gasteiger partial charge in [-0.05, 0) is 12.1 Å². The van der Waals surface area contributed by atoms with E-state index in [1.54, 1.807) is 18.4 Å². The summed E-state index contributed by atoms with van der Waals surface area (Å²) in [6.07, 6.45) is 3.06. The molecule has 0 saturated heterocycles. The second-order valence-corrected chi connectivity index (χ2v) is 3.53. The average Bonchev–Trinajstić information content (AvgIpc) is 1.88. The Kier molecular flexibility index (Phi) is 2.40. The summed E-state index contributed by atoms with van der Waals surface area (Å²) >= 11 is 5.55. The second kappa shape index (κ2) is 3.12. The van der Waals surface area contributed by atoms with Gasteiger partial charge in [0.05, 0.1) is 15.8 Å². The lowest BCUT2D eigenvalue weighted by Crippen LogP contribution is -1.89. The van der Waals surface area contributed by atoms with Gasteiger partial charge in [-0.3, -0.25) is 4.21 Å². The Balaban J connectivity index is 3.00. The molecule has 0 saturated carbocycles. The lowest BCUT2D eigenvalue weighted by atomic mass is 10.5. The van der Waals surface area contributed by atoms with Gasteiger partial charge in [0.15, 0.2) is 0 Å². The van der Waals surface area contributed by atoms with E-state index >= 15 is 0 Å². The molecule has 0 aliphatic rings. The summed E-state index contributed by atoms with van der Waals surface area (Å²) in [6, 6.07) is 3.32. The number of rotatable bonds is 1. The van der Waals surface area contributed by atoms with Crippen molar-refractivity contribution in [1.29, 1.82) is 0 Å². The summed E-state index contributed by atoms with van der Waals surface area (Å²) in [5, 5.41) is 1.12. The number of pyridine rings is 1. The number of halogens is 1. The van der Waals surface area contributed by atoms with E-state index in [-0.39, 0.29) is 0 Å². The zero-order chi connectivity index (χ0) is 7.56. The van der Waals surface area contributed by atoms with E-state index in [1.807, 2.05) is 0 Å². The fourth-order valence-corrected chi connectivity index (χ4v) is 1.10. The maximum absolute atomic E-state index is 10.8. The molecule has 54 valence electrons. The summed E-state index contributed by atoms with van der Waals surface area (Å²) in [7, 11) is -1.01. The highest BCUT2D eigenvalue weighted by Crippen LogP contribution is 2.07. The van der Waals surface area contributed by atoms with Crippen molar-refractivity contribution in [3.8, 4) is 0 Å². The van der Waals surface area contributed by atoms with E-state index < -0.39 is 10.8 Å². The molecule has 1 unspecified atom stereocenters. The molecule has 0 aliphatic heterocycles. The summed E-state index contributed by atoms with van der Waals surface area (Å²) in [6.45, 7) is 0. The third-order valence-corrected chi connectivity index (χ3v) is 2.05. The summed E-state index contributed by atoms with van der Waals surface area (Å²) in [4.78, 5) is 3.85. The molecule has 0 aliphatic carbocycles. The highest BCUT2D eigenvalue weighted by molar-refractivity contribution is 7.84. The maximum atomic E-state index is 10.8. The molecule has 1 rings (SSSR count). The first-order valence-electron chi connectivity index (χ1n) is 2.65. The minimum Gasteiger partial charge on any atom is -0.253 e. The topological polar surface area (TPSA) is 30.0 Å². The first-order chi connectivity index (χ1) is 4.70. The molecule has 0 N–H and O–H groups in total. The van der Waals surface area contributed by atoms with Gasteiger partial charge in [0.25, 0.3) is 0 Å². The zero-order valence-electron chi connectivity index (χ0n) is 5.37. The summed E-state index contributed by atoms with van der Waals surface area (Å²) in [5.41, 5.74) is 0. The van der Waals surface area contributed by atoms with Gasteiger partial charge in [0.1, 0.15) is 5.03 Å². The van der Waals surface area contributed by atoms with Crippen LogP contribution in [0.3, 0.4) is 0 Å². The minimum atomic E-state index is -1.01. The Morgan fingerprint density at radius 1 is 1.60 bits per heavy atom. The van der Waals surface area contributed by atoms with Gasteiger partial charge in [-0.1, -0.05) is 11.6 Å². The highest BCUT2D eigenvalue weighted by atomic mass is 35.5. The van der Waals surface area contributed by atoms with E-state index in [0.29, 0.717) is 10.0 Å². The zero-order valence-corrected chi connectivity index (χ0v) is 6.95. The first-order valence-corrected chi connectivity index (χ1v) is 4.59. The molecule has 1 aromatic rings. The molecule has 0 spiro atoms. The largest absolute Gasteiger partial charge is 0.253 e. The minimum absolute atomic E-state index is 0.560. The lowest BCUT2D eigenvalue weighted by Gasteiger charge is -1.92. The van der Waals surface area contributed by atoms with Crippen LogP contribution in [0, 0.1) is 0 Å². The van der Waals surface area contributed by atoms with Crippen LogP contribution >= 0.6 is 11.6 Å². The molecule has 1 atom stereocenters. The Bertz CT molecular complexity index is 246. The van der Waals surface area contributed by atoms with Gasteiger partial charge in [-0.25, -0.2) is 4.98 Å². The van der Waals surface area contributed by atoms with Crippen molar-refractivity contribution in [1.82, 2.24) is 4.98 Å². The monoisotopic (exact) mass is 175 g/mol. The molecular formula is C6H6ClNOS. The van der Waals surface area contributed by atoms with E-state index in [9.17, 15) is 4.21 Å². The van der Waals surface area contributed by atoms with Gasteiger partial charge in [0.2, 0.25) is 0 Å². The molecule has 0 bridgehead atoms. The third-order valence-electron chi connectivity index (χ3n) is 0.995. The Hall–Kier alpha value is -0.410. The van der Waals surface area contributed by atoms with Crippen LogP contribution in [0.4, 0.5) is 0 Å². The standard InChI is InChI=1S/C6H6ClNOS/c1-10(9)6-3-2-5(7)4-8-6/h2-4H,1H3. The maximum Gasteiger partial charge on any atom is 0.127 e. The van der Waals surface area contributed by atoms with Crippen molar-refractivity contribution in [3.63, 3.8) is 0 Å². The number of nitrogens with zero attached hydrogens (tertiary/aromatic N) is 1. The van der Waals surface area contributed by atoms with Gasteiger partial charge >= 0.3 is 0 Å². The molecule has 4 heteroatoms. The molecular weight excluding hydrogens is 170 g/mol. The summed E-state index contributed by atoms with van der Waals surface area (Å²) in [5.74, 6) is 0. The summed E-state index contributed by atoms with van der Waals surface area (Å²) < 4.78 is 10.8. The molecule has 0 radical (unpaired) electrons. The fourth-order valence-electron chi connectivity index (χ4n) is 0.532. The van der Waals surface area contributed by atoms with Crippen molar-refractivity contribution < 1.29 is 4.21 Å². The predicted octanol–water partition coefficient (Wildman–Crippen LogP) is 1.47. The van der Waals surface area contributed by atoms with Crippen LogP contribution < -0.4 is 0 Å². The lowest BCUT2D eigenvalue weighted by molar-refractivity contribution is 0.684. The predicted molar refractivity (Wildman–Crippen MR) is 41.6 cm³/mol. The average molecular weight is 176 g/mol. The van der Waals surface area contributed by atoms with Crippen LogP contribution in [-0.4, -0.2) is 15.4 Å². The molecule has 0 fully saturated rings. The molecule has 2 nitrogen and oxygen atoms in total. The molecule has 1 heterocycles. The Morgan fingerprint density at radius 3 is 2.70 bits per heavy atom. The van der Waals surface area contributed by atoms with Crippen LogP contribution in [0.5, 0.6) is 0 Å². The molecule has 10 heavy (non-hydrogen) atoms. The third kappa shape index (κ3) is 1.78. The first kappa shape index (κ1) is 7.69. The van der Waals surface area contributed by atoms with E-state index in [4.69, 9.17) is 11.6 Å². The Morgan fingerprint density at radius 2 is 2.30 bits per heavy atom.